The lowest BCUT2D eigenvalue weighted by atomic mass is 9.94. The van der Waals surface area contributed by atoms with Crippen molar-refractivity contribution in [2.45, 2.75) is 45.2 Å². The molecule has 6 heterocycles. The normalized spacial score (nSPS) is 14.0. The number of anilines is 2. The summed E-state index contributed by atoms with van der Waals surface area (Å²) < 4.78 is 9.62. The van der Waals surface area contributed by atoms with Crippen molar-refractivity contribution in [3.05, 3.63) is 176 Å². The smallest absolute Gasteiger partial charge is 0.134 e. The van der Waals surface area contributed by atoms with Gasteiger partial charge < -0.3 is 19.6 Å². The summed E-state index contributed by atoms with van der Waals surface area (Å²) in [5, 5.41) is 14.0. The number of rotatable bonds is 8. The van der Waals surface area contributed by atoms with Gasteiger partial charge >= 0.3 is 0 Å². The Morgan fingerprint density at radius 1 is 0.697 bits per heavy atom. The van der Waals surface area contributed by atoms with Gasteiger partial charge in [-0.2, -0.15) is 5.10 Å². The van der Waals surface area contributed by atoms with Gasteiger partial charge in [0.25, 0.3) is 0 Å². The molecule has 0 aliphatic heterocycles. The minimum Gasteiger partial charge on any atom is -0.464 e. The summed E-state index contributed by atoms with van der Waals surface area (Å²) in [6, 6.07) is 32.3. The van der Waals surface area contributed by atoms with Crippen molar-refractivity contribution < 1.29 is 4.42 Å². The van der Waals surface area contributed by atoms with E-state index in [9.17, 15) is 0 Å². The Bertz CT molecular complexity index is 3570. The fourth-order valence-corrected chi connectivity index (χ4v) is 9.21. The van der Waals surface area contributed by atoms with Crippen LogP contribution in [0.3, 0.4) is 0 Å². The van der Waals surface area contributed by atoms with Gasteiger partial charge in [0.2, 0.25) is 0 Å². The molecule has 0 saturated carbocycles. The summed E-state index contributed by atoms with van der Waals surface area (Å²) in [7, 11) is 4.01. The summed E-state index contributed by atoms with van der Waals surface area (Å²) in [5.41, 5.74) is 18.7. The third-order valence-corrected chi connectivity index (χ3v) is 12.6. The maximum atomic E-state index is 5.65. The number of nitrogens with one attached hydrogen (secondary N) is 2. The number of aryl methyl sites for hydroxylation is 4. The third kappa shape index (κ3) is 7.87. The molecule has 6 aromatic heterocycles. The highest BCUT2D eigenvalue weighted by Crippen LogP contribution is 2.37. The predicted octanol–water partition coefficient (Wildman–Crippen LogP) is 12.0. The van der Waals surface area contributed by atoms with Crippen molar-refractivity contribution in [2.75, 3.05) is 10.6 Å². The van der Waals surface area contributed by atoms with E-state index < -0.39 is 0 Å². The minimum atomic E-state index is 0.0900. The van der Waals surface area contributed by atoms with Crippen LogP contribution in [0.2, 0.25) is 0 Å². The molecule has 1 aliphatic rings. The van der Waals surface area contributed by atoms with Gasteiger partial charge in [-0.25, -0.2) is 0 Å². The zero-order valence-electron chi connectivity index (χ0n) is 37.1. The molecule has 0 bridgehead atoms. The molecular formula is C54H47N11O. The van der Waals surface area contributed by atoms with Gasteiger partial charge in [-0.15, -0.1) is 0 Å². The molecule has 324 valence electrons. The van der Waals surface area contributed by atoms with Crippen molar-refractivity contribution in [3.8, 4) is 33.4 Å². The Labute approximate surface area is 381 Å². The van der Waals surface area contributed by atoms with E-state index in [1.54, 1.807) is 43.4 Å². The first kappa shape index (κ1) is 40.5. The maximum absolute atomic E-state index is 5.65. The molecule has 12 nitrogen and oxygen atoms in total. The van der Waals surface area contributed by atoms with Crippen LogP contribution in [0.15, 0.2) is 157 Å². The Morgan fingerprint density at radius 3 is 2.23 bits per heavy atom. The Kier molecular flexibility index (Phi) is 10.5. The van der Waals surface area contributed by atoms with Crippen LogP contribution in [0.1, 0.15) is 54.4 Å². The van der Waals surface area contributed by atoms with Crippen molar-refractivity contribution in [3.63, 3.8) is 0 Å². The van der Waals surface area contributed by atoms with E-state index in [0.29, 0.717) is 0 Å². The molecule has 11 aromatic rings. The molecular weight excluding hydrogens is 819 g/mol. The summed E-state index contributed by atoms with van der Waals surface area (Å²) in [4.78, 5) is 27.7. The highest BCUT2D eigenvalue weighted by atomic mass is 16.3. The van der Waals surface area contributed by atoms with Gasteiger partial charge in [0.1, 0.15) is 5.58 Å². The quantitative estimate of drug-likeness (QED) is 0.152. The SMILES string of the molecule is Cc1coc2ccc(-c3cc(N[C@@H](C)c4cccc(-c5cnn(C)c5)c4)cc4nccnc34)cc12.Cn1ccc2ccc(-c3cc(NC4CCCc5nccnc54)cc4nccnc34)cc21. The van der Waals surface area contributed by atoms with Gasteiger partial charge in [-0.1, -0.05) is 36.4 Å². The molecule has 0 fully saturated rings. The first-order valence-electron chi connectivity index (χ1n) is 22.3. The Balaban J connectivity index is 0.000000147. The highest BCUT2D eigenvalue weighted by Gasteiger charge is 2.23. The topological polar surface area (TPSA) is 137 Å². The molecule has 12 heteroatoms. The van der Waals surface area contributed by atoms with Crippen LogP contribution < -0.4 is 10.6 Å². The molecule has 1 unspecified atom stereocenters. The summed E-state index contributed by atoms with van der Waals surface area (Å²) >= 11 is 0. The van der Waals surface area contributed by atoms with E-state index in [1.165, 1.54) is 16.5 Å². The highest BCUT2D eigenvalue weighted by molar-refractivity contribution is 5.98. The maximum Gasteiger partial charge on any atom is 0.134 e. The van der Waals surface area contributed by atoms with Crippen LogP contribution in [-0.4, -0.2) is 44.3 Å². The lowest BCUT2D eigenvalue weighted by molar-refractivity contribution is 0.570. The number of aromatic nitrogens is 9. The minimum absolute atomic E-state index is 0.0900. The second kappa shape index (κ2) is 17.0. The molecule has 1 aliphatic carbocycles. The second-order valence-corrected chi connectivity index (χ2v) is 17.1. The van der Waals surface area contributed by atoms with Crippen molar-refractivity contribution in [2.24, 2.45) is 14.1 Å². The van der Waals surface area contributed by atoms with E-state index >= 15 is 0 Å². The van der Waals surface area contributed by atoms with Gasteiger partial charge in [0.15, 0.2) is 0 Å². The lowest BCUT2D eigenvalue weighted by Gasteiger charge is -2.25. The fraction of sp³-hybridized carbons (Fsp3) is 0.167. The molecule has 2 atom stereocenters. The number of furan rings is 1. The van der Waals surface area contributed by atoms with Crippen molar-refractivity contribution in [1.29, 1.82) is 0 Å². The van der Waals surface area contributed by atoms with Crippen LogP contribution in [0, 0.1) is 6.92 Å². The van der Waals surface area contributed by atoms with E-state index in [2.05, 4.69) is 162 Å². The van der Waals surface area contributed by atoms with Gasteiger partial charge in [0.05, 0.1) is 52.0 Å². The number of nitrogens with zero attached hydrogens (tertiary/aromatic N) is 9. The number of fused-ring (bicyclic) bond motifs is 5. The van der Waals surface area contributed by atoms with E-state index in [0.717, 1.165) is 114 Å². The van der Waals surface area contributed by atoms with E-state index in [-0.39, 0.29) is 12.1 Å². The van der Waals surface area contributed by atoms with E-state index in [1.807, 2.05) is 30.2 Å². The Hall–Kier alpha value is -8.25. The molecule has 0 spiro atoms. The first-order chi connectivity index (χ1) is 32.3. The number of hydrogen-bond acceptors (Lipinski definition) is 10. The molecule has 2 N–H and O–H groups in total. The summed E-state index contributed by atoms with van der Waals surface area (Å²) in [6.07, 6.45) is 21.5. The van der Waals surface area contributed by atoms with Gasteiger partial charge in [0, 0.05) is 109 Å². The summed E-state index contributed by atoms with van der Waals surface area (Å²) in [5.74, 6) is 0. The fourth-order valence-electron chi connectivity index (χ4n) is 9.21. The zero-order valence-corrected chi connectivity index (χ0v) is 37.1. The standard InChI is InChI=1S/C29H25N5O.C25H22N6/c1-18-17-35-28-8-7-22(12-25(18)28)26-13-24(14-27-29(26)31-10-9-30-27)33-19(2)20-5-4-6-21(11-20)23-15-32-34(3)16-23;1-31-12-7-16-5-6-17(13-23(16)31)19-14-18(15-22-24(19)28-10-9-27-22)30-21-4-2-3-20-25(21)29-11-8-26-20/h4-17,19,33H,1-3H3;5-15,21,30H,2-4H2,1H3/t19-;/m0./s1. The first-order valence-corrected chi connectivity index (χ1v) is 22.3. The van der Waals surface area contributed by atoms with Crippen molar-refractivity contribution in [1.82, 2.24) is 44.3 Å². The van der Waals surface area contributed by atoms with Crippen LogP contribution in [0.5, 0.6) is 0 Å². The van der Waals surface area contributed by atoms with E-state index in [4.69, 9.17) is 4.42 Å². The van der Waals surface area contributed by atoms with Gasteiger partial charge in [-0.3, -0.25) is 34.6 Å². The average Bonchev–Trinajstić information content (AvgIpc) is 4.08. The van der Waals surface area contributed by atoms with Crippen LogP contribution >= 0.6 is 0 Å². The molecule has 66 heavy (non-hydrogen) atoms. The molecule has 5 aromatic carbocycles. The Morgan fingerprint density at radius 2 is 1.42 bits per heavy atom. The molecule has 12 rings (SSSR count). The largest absolute Gasteiger partial charge is 0.464 e. The molecule has 0 amide bonds. The summed E-state index contributed by atoms with van der Waals surface area (Å²) in [6.45, 7) is 4.23. The molecule has 0 saturated heterocycles. The second-order valence-electron chi connectivity index (χ2n) is 17.1. The number of hydrogen-bond donors (Lipinski definition) is 2. The zero-order chi connectivity index (χ0) is 44.7. The van der Waals surface area contributed by atoms with Crippen LogP contribution in [-0.2, 0) is 20.5 Å². The van der Waals surface area contributed by atoms with Crippen molar-refractivity contribution >= 4 is 55.3 Å². The predicted molar refractivity (Wildman–Crippen MR) is 263 cm³/mol. The number of benzene rings is 5. The molecule has 0 radical (unpaired) electrons. The van der Waals surface area contributed by atoms with Crippen LogP contribution in [0.4, 0.5) is 11.4 Å². The average molecular weight is 866 g/mol. The third-order valence-electron chi connectivity index (χ3n) is 12.6. The van der Waals surface area contributed by atoms with Gasteiger partial charge in [-0.05, 0) is 121 Å². The van der Waals surface area contributed by atoms with Crippen LogP contribution in [0.25, 0.3) is 77.3 Å². The monoisotopic (exact) mass is 865 g/mol. The lowest BCUT2D eigenvalue weighted by Crippen LogP contribution is -2.20.